The molecule has 1 N–H and O–H groups in total. The van der Waals surface area contributed by atoms with Gasteiger partial charge in [0.2, 0.25) is 0 Å². The largest absolute Gasteiger partial charge is 0.495 e. The smallest absolute Gasteiger partial charge is 0.137 e. The lowest BCUT2D eigenvalue weighted by atomic mass is 9.74. The van der Waals surface area contributed by atoms with Crippen molar-refractivity contribution in [1.29, 1.82) is 0 Å². The second kappa shape index (κ2) is 9.89. The van der Waals surface area contributed by atoms with Crippen molar-refractivity contribution >= 4 is 11.6 Å². The van der Waals surface area contributed by atoms with Gasteiger partial charge in [0, 0.05) is 12.5 Å². The first-order valence-corrected chi connectivity index (χ1v) is 11.6. The molecule has 0 bridgehead atoms. The van der Waals surface area contributed by atoms with Crippen molar-refractivity contribution < 1.29 is 4.74 Å². The summed E-state index contributed by atoms with van der Waals surface area (Å²) in [7, 11) is 1.69. The highest BCUT2D eigenvalue weighted by atomic mass is 35.5. The van der Waals surface area contributed by atoms with E-state index in [-0.39, 0.29) is 0 Å². The molecule has 3 unspecified atom stereocenters. The van der Waals surface area contributed by atoms with Crippen LogP contribution >= 0.6 is 11.6 Å². The average molecular weight is 434 g/mol. The highest BCUT2D eigenvalue weighted by molar-refractivity contribution is 6.32. The zero-order valence-corrected chi connectivity index (χ0v) is 19.4. The summed E-state index contributed by atoms with van der Waals surface area (Å²) >= 11 is 6.36. The second-order valence-corrected chi connectivity index (χ2v) is 9.35. The maximum absolute atomic E-state index is 6.36. The molecule has 0 aliphatic carbocycles. The van der Waals surface area contributed by atoms with Crippen LogP contribution in [0.5, 0.6) is 5.75 Å². The first-order valence-electron chi connectivity index (χ1n) is 11.2. The number of halogens is 1. The lowest BCUT2D eigenvalue weighted by Crippen LogP contribution is -2.22. The van der Waals surface area contributed by atoms with Gasteiger partial charge in [-0.1, -0.05) is 86.1 Å². The van der Waals surface area contributed by atoms with Crippen LogP contribution in [0, 0.1) is 5.92 Å². The fourth-order valence-corrected chi connectivity index (χ4v) is 5.12. The monoisotopic (exact) mass is 433 g/mol. The molecule has 1 heterocycles. The lowest BCUT2D eigenvalue weighted by Gasteiger charge is -2.30. The van der Waals surface area contributed by atoms with E-state index in [1.54, 1.807) is 7.11 Å². The van der Waals surface area contributed by atoms with Gasteiger partial charge in [-0.3, -0.25) is 0 Å². The maximum Gasteiger partial charge on any atom is 0.137 e. The summed E-state index contributed by atoms with van der Waals surface area (Å²) in [4.78, 5) is 0. The predicted octanol–water partition coefficient (Wildman–Crippen LogP) is 6.80. The molecule has 0 radical (unpaired) electrons. The summed E-state index contributed by atoms with van der Waals surface area (Å²) in [5, 5.41) is 4.35. The third kappa shape index (κ3) is 4.97. The zero-order valence-electron chi connectivity index (χ0n) is 18.6. The van der Waals surface area contributed by atoms with Crippen LogP contribution < -0.4 is 10.1 Å². The van der Waals surface area contributed by atoms with Crippen LogP contribution in [0.25, 0.3) is 0 Å². The molecule has 3 aromatic rings. The molecule has 3 aromatic carbocycles. The Morgan fingerprint density at radius 3 is 2.48 bits per heavy atom. The van der Waals surface area contributed by atoms with Crippen molar-refractivity contribution in [2.75, 3.05) is 20.2 Å². The van der Waals surface area contributed by atoms with Gasteiger partial charge in [-0.05, 0) is 65.1 Å². The molecule has 0 aromatic heterocycles. The third-order valence-corrected chi connectivity index (χ3v) is 7.00. The molecule has 1 fully saturated rings. The number of nitrogens with one attached hydrogen (secondary N) is 1. The summed E-state index contributed by atoms with van der Waals surface area (Å²) < 4.78 is 5.55. The van der Waals surface area contributed by atoms with Gasteiger partial charge in [-0.2, -0.15) is 0 Å². The highest BCUT2D eigenvalue weighted by Gasteiger charge is 2.36. The van der Waals surface area contributed by atoms with Gasteiger partial charge >= 0.3 is 0 Å². The molecule has 0 amide bonds. The Hall–Kier alpha value is -2.29. The van der Waals surface area contributed by atoms with Crippen molar-refractivity contribution in [3.8, 4) is 5.75 Å². The molecule has 4 rings (SSSR count). The number of ether oxygens (including phenoxy) is 1. The minimum atomic E-state index is 0.372. The molecule has 1 aliphatic rings. The third-order valence-electron chi connectivity index (χ3n) is 6.69. The summed E-state index contributed by atoms with van der Waals surface area (Å²) in [6, 6.07) is 26.3. The maximum atomic E-state index is 6.36. The highest BCUT2D eigenvalue weighted by Crippen LogP contribution is 2.42. The van der Waals surface area contributed by atoms with Crippen LogP contribution in [0.4, 0.5) is 0 Å². The first-order chi connectivity index (χ1) is 15.1. The van der Waals surface area contributed by atoms with Gasteiger partial charge in [-0.25, -0.2) is 0 Å². The van der Waals surface area contributed by atoms with E-state index in [1.165, 1.54) is 22.3 Å². The Labute approximate surface area is 191 Å². The van der Waals surface area contributed by atoms with Gasteiger partial charge in [-0.15, -0.1) is 0 Å². The Balaban J connectivity index is 1.72. The van der Waals surface area contributed by atoms with Gasteiger partial charge in [0.25, 0.3) is 0 Å². The Morgan fingerprint density at radius 1 is 0.935 bits per heavy atom. The first kappa shape index (κ1) is 21.9. The van der Waals surface area contributed by atoms with E-state index in [2.05, 4.69) is 85.9 Å². The Morgan fingerprint density at radius 2 is 1.74 bits per heavy atom. The van der Waals surface area contributed by atoms with E-state index in [9.17, 15) is 0 Å². The van der Waals surface area contributed by atoms with Crippen molar-refractivity contribution in [1.82, 2.24) is 5.32 Å². The fraction of sp³-hybridized carbons (Fsp3) is 0.357. The number of rotatable bonds is 7. The van der Waals surface area contributed by atoms with Crippen molar-refractivity contribution in [2.24, 2.45) is 5.92 Å². The van der Waals surface area contributed by atoms with Crippen LogP contribution in [0.15, 0.2) is 72.8 Å². The van der Waals surface area contributed by atoms with Crippen LogP contribution in [0.3, 0.4) is 0 Å². The number of methoxy groups -OCH3 is 1. The average Bonchev–Trinajstić information content (AvgIpc) is 3.28. The molecule has 2 nitrogen and oxygen atoms in total. The normalized spacial score (nSPS) is 19.5. The number of benzene rings is 3. The van der Waals surface area contributed by atoms with Gasteiger partial charge in [0.05, 0.1) is 12.1 Å². The van der Waals surface area contributed by atoms with Crippen LogP contribution in [0.1, 0.15) is 53.9 Å². The number of hydrogen-bond acceptors (Lipinski definition) is 2. The van der Waals surface area contributed by atoms with Crippen LogP contribution in [-0.2, 0) is 6.42 Å². The van der Waals surface area contributed by atoms with Crippen molar-refractivity contribution in [3.05, 3.63) is 100 Å². The van der Waals surface area contributed by atoms with E-state index in [0.29, 0.717) is 28.7 Å². The van der Waals surface area contributed by atoms with E-state index >= 15 is 0 Å². The summed E-state index contributed by atoms with van der Waals surface area (Å²) in [5.74, 6) is 2.63. The fourth-order valence-electron chi connectivity index (χ4n) is 4.93. The minimum absolute atomic E-state index is 0.372. The SMILES string of the molecule is COc1cc(C(Cc2ccccc2)C2CNCC2c2cccc(C(C)C)c2)ccc1Cl. The van der Waals surface area contributed by atoms with E-state index < -0.39 is 0 Å². The van der Waals surface area contributed by atoms with Crippen molar-refractivity contribution in [2.45, 2.75) is 38.0 Å². The second-order valence-electron chi connectivity index (χ2n) is 8.94. The quantitative estimate of drug-likeness (QED) is 0.442. The Kier molecular flexibility index (Phi) is 6.99. The van der Waals surface area contributed by atoms with E-state index in [1.807, 2.05) is 6.07 Å². The minimum Gasteiger partial charge on any atom is -0.495 e. The van der Waals surface area contributed by atoms with Crippen LogP contribution in [0.2, 0.25) is 5.02 Å². The number of hydrogen-bond donors (Lipinski definition) is 1. The molecule has 31 heavy (non-hydrogen) atoms. The predicted molar refractivity (Wildman–Crippen MR) is 131 cm³/mol. The zero-order chi connectivity index (χ0) is 21.8. The molecule has 1 aliphatic heterocycles. The van der Waals surface area contributed by atoms with Gasteiger partial charge in [0.1, 0.15) is 5.75 Å². The van der Waals surface area contributed by atoms with E-state index in [4.69, 9.17) is 16.3 Å². The van der Waals surface area contributed by atoms with Gasteiger partial charge in [0.15, 0.2) is 0 Å². The molecular formula is C28H32ClNO. The Bertz CT molecular complexity index is 1000. The summed E-state index contributed by atoms with van der Waals surface area (Å²) in [5.41, 5.74) is 5.52. The van der Waals surface area contributed by atoms with Crippen LogP contribution in [-0.4, -0.2) is 20.2 Å². The molecule has 1 saturated heterocycles. The standard InChI is InChI=1S/C28H32ClNO/c1-19(2)21-10-7-11-22(15-21)25-17-30-18-26(25)24(14-20-8-5-4-6-9-20)23-12-13-27(29)28(16-23)31-3/h4-13,15-16,19,24-26,30H,14,17-18H2,1-3H3. The van der Waals surface area contributed by atoms with E-state index in [0.717, 1.165) is 25.3 Å². The van der Waals surface area contributed by atoms with Gasteiger partial charge < -0.3 is 10.1 Å². The molecule has 0 saturated carbocycles. The molecular weight excluding hydrogens is 402 g/mol. The lowest BCUT2D eigenvalue weighted by molar-refractivity contribution is 0.401. The molecule has 3 atom stereocenters. The molecule has 3 heteroatoms. The molecule has 162 valence electrons. The summed E-state index contributed by atoms with van der Waals surface area (Å²) in [6.07, 6.45) is 0.998. The molecule has 0 spiro atoms. The van der Waals surface area contributed by atoms with Crippen molar-refractivity contribution in [3.63, 3.8) is 0 Å². The topological polar surface area (TPSA) is 21.3 Å². The summed E-state index contributed by atoms with van der Waals surface area (Å²) in [6.45, 7) is 6.56.